The largest absolute Gasteiger partial charge is 0.417 e. The van der Waals surface area contributed by atoms with Crippen LogP contribution >= 0.6 is 0 Å². The Morgan fingerprint density at radius 1 is 1.10 bits per heavy atom. The Morgan fingerprint density at radius 2 is 1.79 bits per heavy atom. The number of alkyl halides is 3. The molecule has 1 unspecified atom stereocenters. The van der Waals surface area contributed by atoms with E-state index in [1.807, 2.05) is 13.8 Å². The van der Waals surface area contributed by atoms with E-state index >= 15 is 0 Å². The molecule has 1 fully saturated rings. The van der Waals surface area contributed by atoms with E-state index in [1.165, 1.54) is 24.3 Å². The molecule has 158 valence electrons. The lowest BCUT2D eigenvalue weighted by Gasteiger charge is -2.22. The van der Waals surface area contributed by atoms with Gasteiger partial charge >= 0.3 is 6.18 Å². The number of carbonyl (C=O) groups excluding carboxylic acids is 1. The number of rotatable bonds is 5. The molecule has 0 amide bonds. The molecule has 1 aliphatic heterocycles. The van der Waals surface area contributed by atoms with Crippen molar-refractivity contribution in [2.24, 2.45) is 0 Å². The highest BCUT2D eigenvalue weighted by atomic mass is 19.4. The van der Waals surface area contributed by atoms with Crippen molar-refractivity contribution in [3.05, 3.63) is 59.4 Å². The Morgan fingerprint density at radius 3 is 2.38 bits per heavy atom. The third-order valence-electron chi connectivity index (χ3n) is 4.34. The van der Waals surface area contributed by atoms with E-state index in [4.69, 9.17) is 9.47 Å². The van der Waals surface area contributed by atoms with Crippen molar-refractivity contribution in [2.45, 2.75) is 45.6 Å². The van der Waals surface area contributed by atoms with Gasteiger partial charge in [0.25, 0.3) is 0 Å². The summed E-state index contributed by atoms with van der Waals surface area (Å²) in [5.74, 6) is -1.10. The van der Waals surface area contributed by atoms with Crippen molar-refractivity contribution in [1.29, 1.82) is 0 Å². The Kier molecular flexibility index (Phi) is 8.34. The van der Waals surface area contributed by atoms with E-state index < -0.39 is 29.6 Å². The first-order valence-electron chi connectivity index (χ1n) is 9.58. The van der Waals surface area contributed by atoms with E-state index in [-0.39, 0.29) is 23.3 Å². The normalized spacial score (nSPS) is 16.7. The summed E-state index contributed by atoms with van der Waals surface area (Å²) in [4.78, 5) is 12.3. The second kappa shape index (κ2) is 10.5. The fourth-order valence-electron chi connectivity index (χ4n) is 2.93. The first kappa shape index (κ1) is 23.0. The molecule has 0 radical (unpaired) electrons. The van der Waals surface area contributed by atoms with Crippen LogP contribution in [0.1, 0.15) is 49.0 Å². The van der Waals surface area contributed by atoms with Gasteiger partial charge in [0.15, 0.2) is 12.1 Å². The number of hydrogen-bond acceptors (Lipinski definition) is 3. The van der Waals surface area contributed by atoms with E-state index in [1.54, 1.807) is 0 Å². The molecular weight excluding hydrogens is 388 g/mol. The number of hydrogen-bond donors (Lipinski definition) is 0. The Balaban J connectivity index is 0.00000145. The average molecular weight is 412 g/mol. The SMILES string of the molecule is CC.O=C(COC1CCCCO1)c1ccc(-c2ccc(F)cc2)c(C(F)(F)F)c1. The molecule has 2 aromatic carbocycles. The van der Waals surface area contributed by atoms with Crippen LogP contribution in [0.5, 0.6) is 0 Å². The van der Waals surface area contributed by atoms with Gasteiger partial charge in [0, 0.05) is 12.2 Å². The zero-order chi connectivity index (χ0) is 21.4. The van der Waals surface area contributed by atoms with Gasteiger partial charge in [-0.25, -0.2) is 4.39 Å². The van der Waals surface area contributed by atoms with Crippen molar-refractivity contribution in [1.82, 2.24) is 0 Å². The molecule has 0 bridgehead atoms. The number of ether oxygens (including phenoxy) is 2. The standard InChI is InChI=1S/C20H18F4O3.C2H6/c21-15-7-4-13(5-8-15)16-9-6-14(11-17(16)20(22,23)24)18(25)12-27-19-3-1-2-10-26-19;1-2/h4-9,11,19H,1-3,10,12H2;1-2H3. The van der Waals surface area contributed by atoms with Crippen molar-refractivity contribution in [2.75, 3.05) is 13.2 Å². The minimum Gasteiger partial charge on any atom is -0.353 e. The van der Waals surface area contributed by atoms with Crippen LogP contribution in [0.2, 0.25) is 0 Å². The lowest BCUT2D eigenvalue weighted by molar-refractivity contribution is -0.155. The highest BCUT2D eigenvalue weighted by molar-refractivity contribution is 5.98. The second-order valence-electron chi connectivity index (χ2n) is 6.30. The minimum absolute atomic E-state index is 0.0935. The van der Waals surface area contributed by atoms with Crippen LogP contribution in [0.4, 0.5) is 17.6 Å². The maximum atomic E-state index is 13.5. The monoisotopic (exact) mass is 412 g/mol. The fourth-order valence-corrected chi connectivity index (χ4v) is 2.93. The molecule has 1 aliphatic rings. The molecule has 0 spiro atoms. The molecule has 7 heteroatoms. The number of carbonyl (C=O) groups is 1. The van der Waals surface area contributed by atoms with Gasteiger partial charge in [-0.3, -0.25) is 4.79 Å². The van der Waals surface area contributed by atoms with Crippen LogP contribution in [0.25, 0.3) is 11.1 Å². The van der Waals surface area contributed by atoms with E-state index in [0.29, 0.717) is 13.0 Å². The van der Waals surface area contributed by atoms with Gasteiger partial charge in [-0.05, 0) is 48.6 Å². The molecule has 3 nitrogen and oxygen atoms in total. The molecule has 1 atom stereocenters. The zero-order valence-electron chi connectivity index (χ0n) is 16.4. The maximum Gasteiger partial charge on any atom is 0.417 e. The van der Waals surface area contributed by atoms with Gasteiger partial charge in [0.2, 0.25) is 0 Å². The number of benzene rings is 2. The molecule has 0 aliphatic carbocycles. The van der Waals surface area contributed by atoms with Crippen molar-refractivity contribution >= 4 is 5.78 Å². The number of Topliss-reactive ketones (excluding diaryl/α,β-unsaturated/α-hetero) is 1. The fraction of sp³-hybridized carbons (Fsp3) is 0.409. The summed E-state index contributed by atoms with van der Waals surface area (Å²) in [6, 6.07) is 8.07. The third-order valence-corrected chi connectivity index (χ3v) is 4.34. The van der Waals surface area contributed by atoms with E-state index in [9.17, 15) is 22.4 Å². The molecule has 1 heterocycles. The van der Waals surface area contributed by atoms with Crippen molar-refractivity contribution in [3.8, 4) is 11.1 Å². The van der Waals surface area contributed by atoms with Crippen LogP contribution < -0.4 is 0 Å². The number of ketones is 1. The summed E-state index contributed by atoms with van der Waals surface area (Å²) >= 11 is 0. The summed E-state index contributed by atoms with van der Waals surface area (Å²) in [5.41, 5.74) is -0.942. The molecule has 1 saturated heterocycles. The van der Waals surface area contributed by atoms with Gasteiger partial charge in [0.05, 0.1) is 5.56 Å². The molecule has 0 saturated carbocycles. The molecule has 3 rings (SSSR count). The third kappa shape index (κ3) is 6.37. The average Bonchev–Trinajstić information content (AvgIpc) is 2.74. The summed E-state index contributed by atoms with van der Waals surface area (Å²) < 4.78 is 64.2. The van der Waals surface area contributed by atoms with Crippen molar-refractivity contribution < 1.29 is 31.8 Å². The topological polar surface area (TPSA) is 35.5 Å². The van der Waals surface area contributed by atoms with Gasteiger partial charge in [-0.2, -0.15) is 13.2 Å². The smallest absolute Gasteiger partial charge is 0.353 e. The minimum atomic E-state index is -4.66. The van der Waals surface area contributed by atoms with Gasteiger partial charge < -0.3 is 9.47 Å². The van der Waals surface area contributed by atoms with E-state index in [0.717, 1.165) is 31.0 Å². The van der Waals surface area contributed by atoms with Crippen LogP contribution in [-0.4, -0.2) is 25.3 Å². The highest BCUT2D eigenvalue weighted by Crippen LogP contribution is 2.37. The van der Waals surface area contributed by atoms with Crippen LogP contribution in [0.3, 0.4) is 0 Å². The van der Waals surface area contributed by atoms with Crippen LogP contribution in [-0.2, 0) is 15.7 Å². The molecular formula is C22H24F4O3. The second-order valence-corrected chi connectivity index (χ2v) is 6.30. The zero-order valence-corrected chi connectivity index (χ0v) is 16.4. The van der Waals surface area contributed by atoms with Crippen molar-refractivity contribution in [3.63, 3.8) is 0 Å². The first-order chi connectivity index (χ1) is 13.8. The van der Waals surface area contributed by atoms with Crippen LogP contribution in [0.15, 0.2) is 42.5 Å². The molecule has 0 aromatic heterocycles. The summed E-state index contributed by atoms with van der Waals surface area (Å²) in [7, 11) is 0. The summed E-state index contributed by atoms with van der Waals surface area (Å²) in [6.45, 7) is 4.20. The maximum absolute atomic E-state index is 13.5. The summed E-state index contributed by atoms with van der Waals surface area (Å²) in [6.07, 6.45) is -2.65. The predicted octanol–water partition coefficient (Wildman–Crippen LogP) is 6.26. The predicted molar refractivity (Wildman–Crippen MR) is 102 cm³/mol. The molecule has 0 N–H and O–H groups in total. The summed E-state index contributed by atoms with van der Waals surface area (Å²) in [5, 5.41) is 0. The highest BCUT2D eigenvalue weighted by Gasteiger charge is 2.34. The Bertz CT molecular complexity index is 795. The Hall–Kier alpha value is -2.25. The van der Waals surface area contributed by atoms with Crippen LogP contribution in [0, 0.1) is 5.82 Å². The van der Waals surface area contributed by atoms with Gasteiger partial charge in [0.1, 0.15) is 12.4 Å². The van der Waals surface area contributed by atoms with Gasteiger partial charge in [-0.15, -0.1) is 0 Å². The Labute approximate surface area is 167 Å². The number of halogens is 4. The first-order valence-corrected chi connectivity index (χ1v) is 9.58. The molecule has 29 heavy (non-hydrogen) atoms. The van der Waals surface area contributed by atoms with E-state index in [2.05, 4.69) is 0 Å². The molecule has 2 aromatic rings. The lowest BCUT2D eigenvalue weighted by Crippen LogP contribution is -2.25. The lowest BCUT2D eigenvalue weighted by atomic mass is 9.96. The quantitative estimate of drug-likeness (QED) is 0.429. The van der Waals surface area contributed by atoms with Gasteiger partial charge in [-0.1, -0.05) is 38.1 Å².